The SMILES string of the molecule is C=c1c(C)c(-c2ccc([C@@H]3CCN(CC)C[C@H]3F)cc2)cc(C)/c1=C/N(C)C(C(=O)NC1=CCC=CS1)c1ncn2c1C[C@@H](F)C2. The molecule has 1 amide bonds. The van der Waals surface area contributed by atoms with Crippen molar-refractivity contribution in [3.05, 3.63) is 97.8 Å². The van der Waals surface area contributed by atoms with Gasteiger partial charge >= 0.3 is 0 Å². The van der Waals surface area contributed by atoms with Crippen molar-refractivity contribution >= 4 is 30.4 Å². The summed E-state index contributed by atoms with van der Waals surface area (Å²) in [5.74, 6) is -0.290. The number of aryl methyl sites for hydroxylation is 1. The van der Waals surface area contributed by atoms with Crippen LogP contribution in [0.1, 0.15) is 59.8 Å². The topological polar surface area (TPSA) is 53.4 Å². The Balaban J connectivity index is 1.30. The molecule has 9 heteroatoms. The molecule has 0 spiro atoms. The minimum absolute atomic E-state index is 0.0717. The van der Waals surface area contributed by atoms with Crippen LogP contribution in [0.25, 0.3) is 23.9 Å². The monoisotopic (exact) mass is 643 g/mol. The smallest absolute Gasteiger partial charge is 0.253 e. The first-order valence-electron chi connectivity index (χ1n) is 16.1. The fraction of sp³-hybridized carbons (Fsp3) is 0.405. The van der Waals surface area contributed by atoms with Crippen LogP contribution in [-0.2, 0) is 17.8 Å². The molecule has 1 N–H and O–H groups in total. The van der Waals surface area contributed by atoms with E-state index in [0.717, 1.165) is 74.9 Å². The minimum atomic E-state index is -0.984. The van der Waals surface area contributed by atoms with E-state index in [-0.39, 0.29) is 24.8 Å². The van der Waals surface area contributed by atoms with Gasteiger partial charge in [-0.1, -0.05) is 67.7 Å². The molecule has 0 bridgehead atoms. The molecular weight excluding hydrogens is 601 g/mol. The fourth-order valence-corrected chi connectivity index (χ4v) is 7.70. The number of piperidine rings is 1. The number of halogens is 2. The number of amides is 1. The number of nitrogens with zero attached hydrogens (tertiary/aromatic N) is 4. The standard InChI is InChI=1S/C37H43F2N5OS/c1-6-43-15-14-29(32(39)21-43)26-10-12-27(13-11-26)30-17-23(2)31(25(4)24(30)3)20-42(5)36(37(45)41-34-9-7-8-16-46-34)35-33-18-28(38)19-44(33)22-40-35/h8-13,16-17,20,22,28-29,32,36H,4,6-7,14-15,18-19,21H2,1-3,5H3,(H,41,45)/b31-20-/t28-,29+,32-,36?/m1/s1. The van der Waals surface area contributed by atoms with E-state index >= 15 is 0 Å². The number of alkyl halides is 2. The van der Waals surface area contributed by atoms with Crippen LogP contribution >= 0.6 is 11.8 Å². The molecule has 0 aliphatic carbocycles. The highest BCUT2D eigenvalue weighted by atomic mass is 32.2. The van der Waals surface area contributed by atoms with E-state index in [1.807, 2.05) is 47.2 Å². The van der Waals surface area contributed by atoms with Crippen molar-refractivity contribution in [2.24, 2.45) is 0 Å². The third-order valence-electron chi connectivity index (χ3n) is 9.70. The summed E-state index contributed by atoms with van der Waals surface area (Å²) in [5.41, 5.74) is 6.58. The maximum absolute atomic E-state index is 15.0. The highest BCUT2D eigenvalue weighted by Crippen LogP contribution is 2.33. The van der Waals surface area contributed by atoms with Gasteiger partial charge < -0.3 is 19.7 Å². The number of rotatable bonds is 8. The minimum Gasteiger partial charge on any atom is -0.363 e. The number of imidazole rings is 1. The number of hydrogen-bond acceptors (Lipinski definition) is 5. The van der Waals surface area contributed by atoms with Gasteiger partial charge in [0.1, 0.15) is 12.3 Å². The lowest BCUT2D eigenvalue weighted by Crippen LogP contribution is -2.40. The summed E-state index contributed by atoms with van der Waals surface area (Å²) in [4.78, 5) is 22.5. The van der Waals surface area contributed by atoms with E-state index in [9.17, 15) is 13.6 Å². The van der Waals surface area contributed by atoms with Gasteiger partial charge in [0.05, 0.1) is 23.6 Å². The first kappa shape index (κ1) is 32.3. The van der Waals surface area contributed by atoms with E-state index < -0.39 is 18.4 Å². The second-order valence-electron chi connectivity index (χ2n) is 12.7. The Bertz CT molecular complexity index is 1780. The van der Waals surface area contributed by atoms with Gasteiger partial charge in [0.15, 0.2) is 6.04 Å². The van der Waals surface area contributed by atoms with Gasteiger partial charge in [-0.2, -0.15) is 0 Å². The lowest BCUT2D eigenvalue weighted by Gasteiger charge is -2.34. The summed E-state index contributed by atoms with van der Waals surface area (Å²) in [7, 11) is 1.87. The van der Waals surface area contributed by atoms with Crippen LogP contribution in [0, 0.1) is 13.8 Å². The van der Waals surface area contributed by atoms with Crippen LogP contribution in [-0.4, -0.2) is 64.3 Å². The molecule has 242 valence electrons. The molecule has 4 atom stereocenters. The summed E-state index contributed by atoms with van der Waals surface area (Å²) in [6.45, 7) is 13.2. The molecule has 3 aliphatic rings. The number of hydrogen-bond donors (Lipinski definition) is 1. The number of nitrogens with one attached hydrogen (secondary N) is 1. The summed E-state index contributed by atoms with van der Waals surface area (Å²) >= 11 is 1.47. The predicted octanol–water partition coefficient (Wildman–Crippen LogP) is 5.64. The number of aromatic nitrogens is 2. The number of allylic oxidation sites excluding steroid dienone is 2. The third kappa shape index (κ3) is 6.45. The maximum Gasteiger partial charge on any atom is 0.253 e. The number of likely N-dealkylation sites (tertiary alicyclic amines) is 1. The van der Waals surface area contributed by atoms with Gasteiger partial charge in [-0.05, 0) is 78.2 Å². The summed E-state index contributed by atoms with van der Waals surface area (Å²) in [6, 6.07) is 9.73. The van der Waals surface area contributed by atoms with E-state index in [2.05, 4.69) is 66.0 Å². The zero-order valence-corrected chi connectivity index (χ0v) is 27.9. The Morgan fingerprint density at radius 1 is 1.24 bits per heavy atom. The lowest BCUT2D eigenvalue weighted by atomic mass is 9.86. The molecule has 0 radical (unpaired) electrons. The average molecular weight is 644 g/mol. The van der Waals surface area contributed by atoms with E-state index in [1.165, 1.54) is 11.8 Å². The molecule has 2 aromatic carbocycles. The van der Waals surface area contributed by atoms with Crippen LogP contribution in [0.4, 0.5) is 8.78 Å². The molecule has 0 saturated carbocycles. The van der Waals surface area contributed by atoms with Crippen molar-refractivity contribution in [3.63, 3.8) is 0 Å². The number of fused-ring (bicyclic) bond motifs is 1. The highest BCUT2D eigenvalue weighted by molar-refractivity contribution is 8.05. The number of thioether (sulfide) groups is 1. The van der Waals surface area contributed by atoms with Crippen molar-refractivity contribution in [3.8, 4) is 11.1 Å². The van der Waals surface area contributed by atoms with Gasteiger partial charge in [0.25, 0.3) is 5.91 Å². The average Bonchev–Trinajstić information content (AvgIpc) is 3.61. The summed E-state index contributed by atoms with van der Waals surface area (Å²) in [5, 5.41) is 7.61. The first-order chi connectivity index (χ1) is 22.1. The zero-order chi connectivity index (χ0) is 32.5. The number of likely N-dealkylation sites (N-methyl/N-ethyl adjacent to an activating group) is 1. The molecule has 3 aliphatic heterocycles. The highest BCUT2D eigenvalue weighted by Gasteiger charge is 2.34. The van der Waals surface area contributed by atoms with Crippen molar-refractivity contribution in [2.75, 3.05) is 26.7 Å². The van der Waals surface area contributed by atoms with Crippen molar-refractivity contribution in [1.29, 1.82) is 0 Å². The molecule has 3 aromatic rings. The third-order valence-corrected chi connectivity index (χ3v) is 10.6. The predicted molar refractivity (Wildman–Crippen MR) is 184 cm³/mol. The largest absolute Gasteiger partial charge is 0.363 e. The van der Waals surface area contributed by atoms with E-state index in [4.69, 9.17) is 0 Å². The Morgan fingerprint density at radius 2 is 2.02 bits per heavy atom. The second kappa shape index (κ2) is 13.6. The molecule has 1 aromatic heterocycles. The summed E-state index contributed by atoms with van der Waals surface area (Å²) < 4.78 is 31.2. The summed E-state index contributed by atoms with van der Waals surface area (Å²) in [6.07, 6.45) is 7.60. The Kier molecular flexibility index (Phi) is 9.52. The van der Waals surface area contributed by atoms with Gasteiger partial charge in [-0.25, -0.2) is 13.8 Å². The van der Waals surface area contributed by atoms with Gasteiger partial charge in [-0.15, -0.1) is 0 Å². The quantitative estimate of drug-likeness (QED) is 0.345. The van der Waals surface area contributed by atoms with Crippen molar-refractivity contribution in [1.82, 2.24) is 24.7 Å². The zero-order valence-electron chi connectivity index (χ0n) is 27.1. The second-order valence-corrected chi connectivity index (χ2v) is 13.6. The van der Waals surface area contributed by atoms with Crippen LogP contribution in [0.5, 0.6) is 0 Å². The molecule has 4 heterocycles. The first-order valence-corrected chi connectivity index (χ1v) is 17.0. The number of carbonyl (C=O) groups excluding carboxylic acids is 1. The molecule has 1 unspecified atom stereocenters. The molecule has 46 heavy (non-hydrogen) atoms. The van der Waals surface area contributed by atoms with Gasteiger partial charge in [0, 0.05) is 43.0 Å². The molecule has 1 fully saturated rings. The molecular formula is C37H43F2N5OS. The maximum atomic E-state index is 15.0. The molecule has 1 saturated heterocycles. The Morgan fingerprint density at radius 3 is 2.72 bits per heavy atom. The Labute approximate surface area is 274 Å². The number of carbonyl (C=O) groups is 1. The van der Waals surface area contributed by atoms with E-state index in [1.54, 1.807) is 6.33 Å². The van der Waals surface area contributed by atoms with Crippen molar-refractivity contribution in [2.45, 2.75) is 70.9 Å². The van der Waals surface area contributed by atoms with E-state index in [0.29, 0.717) is 12.2 Å². The van der Waals surface area contributed by atoms with Gasteiger partial charge in [-0.3, -0.25) is 4.79 Å². The number of benzene rings is 2. The van der Waals surface area contributed by atoms with Crippen molar-refractivity contribution < 1.29 is 13.6 Å². The molecule has 6 nitrogen and oxygen atoms in total. The fourth-order valence-electron chi connectivity index (χ4n) is 6.99. The van der Waals surface area contributed by atoms with Crippen LogP contribution in [0.3, 0.4) is 0 Å². The van der Waals surface area contributed by atoms with Crippen LogP contribution in [0.15, 0.2) is 59.2 Å². The van der Waals surface area contributed by atoms with Gasteiger partial charge in [0.2, 0.25) is 0 Å². The van der Waals surface area contributed by atoms with Crippen LogP contribution in [0.2, 0.25) is 0 Å². The normalized spacial score (nSPS) is 22.4. The van der Waals surface area contributed by atoms with Crippen LogP contribution < -0.4 is 15.8 Å². The Hall–Kier alpha value is -3.69. The lowest BCUT2D eigenvalue weighted by molar-refractivity contribution is -0.124. The molecule has 6 rings (SSSR count).